The van der Waals surface area contributed by atoms with E-state index in [-0.39, 0.29) is 0 Å². The van der Waals surface area contributed by atoms with Crippen LogP contribution in [-0.4, -0.2) is 22.5 Å². The van der Waals surface area contributed by atoms with Crippen molar-refractivity contribution in [3.8, 4) is 0 Å². The van der Waals surface area contributed by atoms with Crippen LogP contribution in [0.5, 0.6) is 0 Å². The molecule has 0 saturated carbocycles. The standard InChI is InChI=1S/C8H15NS2/c1-2-3-7-6-11-5-4-8(10)9-7/h7H,2-6H2,1H3,(H,9,10). The van der Waals surface area contributed by atoms with Crippen LogP contribution in [0.2, 0.25) is 0 Å². The molecule has 0 aromatic carbocycles. The molecular weight excluding hydrogens is 174 g/mol. The Labute approximate surface area is 78.3 Å². The minimum atomic E-state index is 0.639. The summed E-state index contributed by atoms with van der Waals surface area (Å²) in [5.41, 5.74) is 0. The van der Waals surface area contributed by atoms with Crippen LogP contribution in [-0.2, 0) is 0 Å². The minimum Gasteiger partial charge on any atom is -0.376 e. The van der Waals surface area contributed by atoms with Gasteiger partial charge in [0.2, 0.25) is 0 Å². The third kappa shape index (κ3) is 3.43. The second kappa shape index (κ2) is 4.99. The Kier molecular flexibility index (Phi) is 4.23. The van der Waals surface area contributed by atoms with Gasteiger partial charge in [0.25, 0.3) is 0 Å². The van der Waals surface area contributed by atoms with Crippen molar-refractivity contribution in [1.29, 1.82) is 0 Å². The summed E-state index contributed by atoms with van der Waals surface area (Å²) in [5, 5.41) is 3.39. The molecule has 1 fully saturated rings. The van der Waals surface area contributed by atoms with Crippen LogP contribution in [0.15, 0.2) is 0 Å². The van der Waals surface area contributed by atoms with E-state index < -0.39 is 0 Å². The summed E-state index contributed by atoms with van der Waals surface area (Å²) < 4.78 is 0. The number of hydrogen-bond acceptors (Lipinski definition) is 2. The van der Waals surface area contributed by atoms with Crippen molar-refractivity contribution in [2.24, 2.45) is 0 Å². The van der Waals surface area contributed by atoms with Crippen molar-refractivity contribution in [1.82, 2.24) is 5.32 Å². The highest BCUT2D eigenvalue weighted by molar-refractivity contribution is 7.99. The molecule has 1 aliphatic heterocycles. The molecule has 0 aromatic heterocycles. The molecule has 0 spiro atoms. The van der Waals surface area contributed by atoms with Gasteiger partial charge in [0.1, 0.15) is 0 Å². The minimum absolute atomic E-state index is 0.639. The molecule has 0 aliphatic carbocycles. The number of nitrogens with one attached hydrogen (secondary N) is 1. The summed E-state index contributed by atoms with van der Waals surface area (Å²) in [7, 11) is 0. The highest BCUT2D eigenvalue weighted by atomic mass is 32.2. The Morgan fingerprint density at radius 1 is 1.73 bits per heavy atom. The molecule has 1 N–H and O–H groups in total. The molecule has 0 aromatic rings. The smallest absolute Gasteiger partial charge is 0.0764 e. The summed E-state index contributed by atoms with van der Waals surface area (Å²) in [5.74, 6) is 2.43. The summed E-state index contributed by atoms with van der Waals surface area (Å²) in [6, 6.07) is 0.639. The molecule has 3 heteroatoms. The molecule has 1 nitrogen and oxygen atoms in total. The van der Waals surface area contributed by atoms with E-state index in [4.69, 9.17) is 12.2 Å². The zero-order valence-corrected chi connectivity index (χ0v) is 8.56. The maximum absolute atomic E-state index is 5.16. The van der Waals surface area contributed by atoms with E-state index in [9.17, 15) is 0 Å². The molecule has 0 radical (unpaired) electrons. The van der Waals surface area contributed by atoms with E-state index in [0.717, 1.165) is 11.4 Å². The van der Waals surface area contributed by atoms with Gasteiger partial charge in [-0.05, 0) is 12.2 Å². The highest BCUT2D eigenvalue weighted by Crippen LogP contribution is 2.13. The third-order valence-electron chi connectivity index (χ3n) is 1.79. The molecule has 0 amide bonds. The third-order valence-corrected chi connectivity index (χ3v) is 3.25. The molecule has 1 aliphatic rings. The Balaban J connectivity index is 2.33. The number of thiocarbonyl (C=S) groups is 1. The van der Waals surface area contributed by atoms with Crippen molar-refractivity contribution in [3.05, 3.63) is 0 Å². The second-order valence-electron chi connectivity index (χ2n) is 2.88. The van der Waals surface area contributed by atoms with Crippen LogP contribution in [0.25, 0.3) is 0 Å². The Hall–Kier alpha value is 0.240. The second-order valence-corrected chi connectivity index (χ2v) is 4.52. The molecule has 1 heterocycles. The lowest BCUT2D eigenvalue weighted by atomic mass is 10.2. The highest BCUT2D eigenvalue weighted by Gasteiger charge is 2.12. The largest absolute Gasteiger partial charge is 0.376 e. The lowest BCUT2D eigenvalue weighted by Gasteiger charge is -2.14. The Morgan fingerprint density at radius 2 is 2.55 bits per heavy atom. The van der Waals surface area contributed by atoms with Gasteiger partial charge in [0, 0.05) is 18.2 Å². The first-order valence-electron chi connectivity index (χ1n) is 4.20. The maximum Gasteiger partial charge on any atom is 0.0764 e. The summed E-state index contributed by atoms with van der Waals surface area (Å²) in [6.45, 7) is 2.22. The predicted molar refractivity (Wildman–Crippen MR) is 56.4 cm³/mol. The fourth-order valence-electron chi connectivity index (χ4n) is 1.24. The van der Waals surface area contributed by atoms with Crippen LogP contribution in [0.1, 0.15) is 26.2 Å². The van der Waals surface area contributed by atoms with Crippen molar-refractivity contribution in [2.75, 3.05) is 11.5 Å². The van der Waals surface area contributed by atoms with Crippen molar-refractivity contribution in [2.45, 2.75) is 32.2 Å². The van der Waals surface area contributed by atoms with E-state index in [1.165, 1.54) is 24.3 Å². The van der Waals surface area contributed by atoms with Crippen LogP contribution < -0.4 is 5.32 Å². The van der Waals surface area contributed by atoms with E-state index in [2.05, 4.69) is 12.2 Å². The fourth-order valence-corrected chi connectivity index (χ4v) is 2.68. The van der Waals surface area contributed by atoms with E-state index in [1.54, 1.807) is 0 Å². The van der Waals surface area contributed by atoms with E-state index >= 15 is 0 Å². The molecule has 0 bridgehead atoms. The van der Waals surface area contributed by atoms with Crippen LogP contribution in [0.3, 0.4) is 0 Å². The number of thioether (sulfide) groups is 1. The molecule has 1 unspecified atom stereocenters. The maximum atomic E-state index is 5.16. The fraction of sp³-hybridized carbons (Fsp3) is 0.875. The molecule has 1 saturated heterocycles. The Morgan fingerprint density at radius 3 is 3.27 bits per heavy atom. The zero-order chi connectivity index (χ0) is 8.10. The number of hydrogen-bond donors (Lipinski definition) is 1. The molecule has 1 atom stereocenters. The topological polar surface area (TPSA) is 12.0 Å². The molecule has 1 rings (SSSR count). The summed E-state index contributed by atoms with van der Waals surface area (Å²) in [6.07, 6.45) is 3.58. The normalized spacial score (nSPS) is 25.9. The van der Waals surface area contributed by atoms with Crippen LogP contribution in [0, 0.1) is 0 Å². The van der Waals surface area contributed by atoms with Crippen molar-refractivity contribution in [3.63, 3.8) is 0 Å². The average Bonchev–Trinajstić information content (AvgIpc) is 2.15. The van der Waals surface area contributed by atoms with Gasteiger partial charge in [-0.1, -0.05) is 25.6 Å². The first-order valence-corrected chi connectivity index (χ1v) is 5.76. The van der Waals surface area contributed by atoms with Crippen LogP contribution in [0.4, 0.5) is 0 Å². The van der Waals surface area contributed by atoms with E-state index in [1.807, 2.05) is 11.8 Å². The number of rotatable bonds is 2. The van der Waals surface area contributed by atoms with Gasteiger partial charge >= 0.3 is 0 Å². The summed E-state index contributed by atoms with van der Waals surface area (Å²) in [4.78, 5) is 1.06. The SMILES string of the molecule is CCCC1CSCCC(=S)N1. The molecule has 11 heavy (non-hydrogen) atoms. The van der Waals surface area contributed by atoms with Crippen molar-refractivity contribution >= 4 is 29.0 Å². The van der Waals surface area contributed by atoms with Gasteiger partial charge in [0.05, 0.1) is 4.99 Å². The predicted octanol–water partition coefficient (Wildman–Crippen LogP) is 2.21. The van der Waals surface area contributed by atoms with Gasteiger partial charge < -0.3 is 5.32 Å². The van der Waals surface area contributed by atoms with E-state index in [0.29, 0.717) is 6.04 Å². The lowest BCUT2D eigenvalue weighted by Crippen LogP contribution is -2.33. The van der Waals surface area contributed by atoms with Gasteiger partial charge in [-0.3, -0.25) is 0 Å². The zero-order valence-electron chi connectivity index (χ0n) is 6.93. The molecule has 64 valence electrons. The van der Waals surface area contributed by atoms with Crippen LogP contribution >= 0.6 is 24.0 Å². The first kappa shape index (κ1) is 9.33. The summed E-state index contributed by atoms with van der Waals surface area (Å²) >= 11 is 7.18. The van der Waals surface area contributed by atoms with Gasteiger partial charge in [-0.2, -0.15) is 11.8 Å². The van der Waals surface area contributed by atoms with Gasteiger partial charge in [-0.25, -0.2) is 0 Å². The molecular formula is C8H15NS2. The monoisotopic (exact) mass is 189 g/mol. The quantitative estimate of drug-likeness (QED) is 0.669. The van der Waals surface area contributed by atoms with Crippen molar-refractivity contribution < 1.29 is 0 Å². The van der Waals surface area contributed by atoms with Gasteiger partial charge in [0.15, 0.2) is 0 Å². The lowest BCUT2D eigenvalue weighted by molar-refractivity contribution is 0.608. The van der Waals surface area contributed by atoms with Gasteiger partial charge in [-0.15, -0.1) is 0 Å². The Bertz CT molecular complexity index is 136. The first-order chi connectivity index (χ1) is 5.33. The average molecular weight is 189 g/mol.